The van der Waals surface area contributed by atoms with Crippen molar-refractivity contribution in [2.75, 3.05) is 39.6 Å². The smallest absolute Gasteiger partial charge is 0.173 e. The molecular formula is C27H47IO8. The van der Waals surface area contributed by atoms with Gasteiger partial charge in [-0.1, -0.05) is 84.9 Å². The van der Waals surface area contributed by atoms with Crippen molar-refractivity contribution >= 4 is 45.7 Å². The van der Waals surface area contributed by atoms with E-state index in [0.717, 1.165) is 0 Å². The highest BCUT2D eigenvalue weighted by molar-refractivity contribution is 14.1. The molecule has 2 unspecified atom stereocenters. The number of carbonyl (C=O) groups is 4. The zero-order valence-electron chi connectivity index (χ0n) is 24.0. The highest BCUT2D eigenvalue weighted by Crippen LogP contribution is 2.21. The van der Waals surface area contributed by atoms with Gasteiger partial charge in [0.15, 0.2) is 23.1 Å². The van der Waals surface area contributed by atoms with Crippen LogP contribution in [0, 0.1) is 16.2 Å². The minimum absolute atomic E-state index is 0.0533. The second kappa shape index (κ2) is 14.4. The lowest BCUT2D eigenvalue weighted by Gasteiger charge is -2.29. The normalized spacial score (nSPS) is 14.9. The highest BCUT2D eigenvalue weighted by atomic mass is 127. The average Bonchev–Trinajstić information content (AvgIpc) is 2.69. The van der Waals surface area contributed by atoms with Gasteiger partial charge in [-0.25, -0.2) is 0 Å². The highest BCUT2D eigenvalue weighted by Gasteiger charge is 2.32. The third-order valence-corrected chi connectivity index (χ3v) is 6.08. The number of halogens is 1. The van der Waals surface area contributed by atoms with Crippen LogP contribution in [-0.2, 0) is 38.1 Å². The summed E-state index contributed by atoms with van der Waals surface area (Å²) in [5.41, 5.74) is -1.74. The number of hydrogen-bond donors (Lipinski definition) is 0. The second-order valence-electron chi connectivity index (χ2n) is 12.6. The molecule has 0 aliphatic heterocycles. The summed E-state index contributed by atoms with van der Waals surface area (Å²) in [4.78, 5) is 49.7. The van der Waals surface area contributed by atoms with Crippen LogP contribution in [0.2, 0.25) is 0 Å². The first-order chi connectivity index (χ1) is 16.1. The topological polar surface area (TPSA) is 105 Å². The third-order valence-electron chi connectivity index (χ3n) is 5.47. The van der Waals surface area contributed by atoms with Gasteiger partial charge in [-0.15, -0.1) is 0 Å². The molecule has 0 bridgehead atoms. The Labute approximate surface area is 231 Å². The molecule has 0 saturated heterocycles. The minimum Gasteiger partial charge on any atom is -0.371 e. The Morgan fingerprint density at radius 2 is 0.806 bits per heavy atom. The summed E-state index contributed by atoms with van der Waals surface area (Å²) >= 11 is 2.04. The molecule has 0 aromatic rings. The Kier molecular flexibility index (Phi) is 14.1. The van der Waals surface area contributed by atoms with E-state index in [1.807, 2.05) is 22.6 Å². The van der Waals surface area contributed by atoms with Gasteiger partial charge >= 0.3 is 0 Å². The molecule has 210 valence electrons. The van der Waals surface area contributed by atoms with Gasteiger partial charge in [0.1, 0.15) is 38.6 Å². The molecule has 0 radical (unpaired) electrons. The SMILES string of the molecule is CC(C)(C)C(=O)COCC(OCC(=O)C(C)(C)C)C(COCC(=O)C(C)(C)C)OCC(=O)C(C)(C)I. The maximum atomic E-state index is 12.5. The van der Waals surface area contributed by atoms with Crippen molar-refractivity contribution in [3.05, 3.63) is 0 Å². The zero-order chi connectivity index (χ0) is 28.5. The summed E-state index contributed by atoms with van der Waals surface area (Å²) in [5, 5.41) is 0. The van der Waals surface area contributed by atoms with E-state index in [2.05, 4.69) is 0 Å². The van der Waals surface area contributed by atoms with Gasteiger partial charge < -0.3 is 18.9 Å². The summed E-state index contributed by atoms with van der Waals surface area (Å²) < 4.78 is 22.5. The van der Waals surface area contributed by atoms with E-state index in [9.17, 15) is 19.2 Å². The van der Waals surface area contributed by atoms with Gasteiger partial charge in [-0.3, -0.25) is 19.2 Å². The maximum Gasteiger partial charge on any atom is 0.173 e. The first kappa shape index (κ1) is 35.2. The fraction of sp³-hybridized carbons (Fsp3) is 0.852. The number of ketones is 4. The molecule has 0 N–H and O–H groups in total. The van der Waals surface area contributed by atoms with Crippen LogP contribution in [0.25, 0.3) is 0 Å². The van der Waals surface area contributed by atoms with Gasteiger partial charge in [-0.2, -0.15) is 0 Å². The Balaban J connectivity index is 5.65. The van der Waals surface area contributed by atoms with Crippen molar-refractivity contribution in [3.8, 4) is 0 Å². The first-order valence-electron chi connectivity index (χ1n) is 12.3. The summed E-state index contributed by atoms with van der Waals surface area (Å²) in [6.45, 7) is 19.0. The fourth-order valence-corrected chi connectivity index (χ4v) is 2.40. The van der Waals surface area contributed by atoms with Crippen molar-refractivity contribution in [1.29, 1.82) is 0 Å². The predicted molar refractivity (Wildman–Crippen MR) is 148 cm³/mol. The molecule has 0 fully saturated rings. The van der Waals surface area contributed by atoms with Crippen LogP contribution < -0.4 is 0 Å². The van der Waals surface area contributed by atoms with E-state index in [1.54, 1.807) is 76.2 Å². The molecule has 0 rings (SSSR count). The molecule has 0 aromatic heterocycles. The molecule has 36 heavy (non-hydrogen) atoms. The predicted octanol–water partition coefficient (Wildman–Crippen LogP) is 4.42. The molecule has 0 heterocycles. The first-order valence-corrected chi connectivity index (χ1v) is 13.4. The lowest BCUT2D eigenvalue weighted by molar-refractivity contribution is -0.157. The van der Waals surface area contributed by atoms with Gasteiger partial charge in [-0.05, 0) is 13.8 Å². The van der Waals surface area contributed by atoms with Crippen molar-refractivity contribution in [3.63, 3.8) is 0 Å². The molecule has 0 aromatic carbocycles. The van der Waals surface area contributed by atoms with Crippen molar-refractivity contribution in [1.82, 2.24) is 0 Å². The molecule has 0 saturated carbocycles. The Hall–Kier alpha value is -0.750. The Morgan fingerprint density at radius 3 is 1.08 bits per heavy atom. The third kappa shape index (κ3) is 14.3. The molecular weight excluding hydrogens is 579 g/mol. The van der Waals surface area contributed by atoms with Crippen LogP contribution in [0.3, 0.4) is 0 Å². The van der Waals surface area contributed by atoms with Crippen LogP contribution in [-0.4, -0.2) is 78.4 Å². The Bertz CT molecular complexity index is 684. The quantitative estimate of drug-likeness (QED) is 0.183. The van der Waals surface area contributed by atoms with Crippen molar-refractivity contribution < 1.29 is 38.1 Å². The van der Waals surface area contributed by atoms with Gasteiger partial charge in [0, 0.05) is 16.2 Å². The van der Waals surface area contributed by atoms with Crippen molar-refractivity contribution in [2.24, 2.45) is 16.2 Å². The van der Waals surface area contributed by atoms with Gasteiger partial charge in [0.05, 0.1) is 16.6 Å². The van der Waals surface area contributed by atoms with E-state index in [1.165, 1.54) is 0 Å². The molecule has 8 nitrogen and oxygen atoms in total. The van der Waals surface area contributed by atoms with E-state index in [-0.39, 0.29) is 62.8 Å². The summed E-state index contributed by atoms with van der Waals surface area (Å²) in [7, 11) is 0. The molecule has 0 amide bonds. The summed E-state index contributed by atoms with van der Waals surface area (Å²) in [6, 6.07) is 0. The molecule has 9 heteroatoms. The fourth-order valence-electron chi connectivity index (χ4n) is 2.25. The monoisotopic (exact) mass is 626 g/mol. The standard InChI is InChI=1S/C27H47IO8/c1-24(2,3)20(29)14-33-12-18(35-16-22(31)26(7,8)9)19(36-17-23(32)27(10,11)28)13-34-15-21(30)25(4,5)6/h18-19H,12-17H2,1-11H3. The molecule has 0 aliphatic rings. The van der Waals surface area contributed by atoms with E-state index < -0.39 is 31.9 Å². The van der Waals surface area contributed by atoms with Crippen LogP contribution in [0.4, 0.5) is 0 Å². The number of carbonyl (C=O) groups excluding carboxylic acids is 4. The van der Waals surface area contributed by atoms with E-state index >= 15 is 0 Å². The lowest BCUT2D eigenvalue weighted by Crippen LogP contribution is -2.44. The van der Waals surface area contributed by atoms with Crippen LogP contribution >= 0.6 is 22.6 Å². The van der Waals surface area contributed by atoms with Crippen LogP contribution in [0.15, 0.2) is 0 Å². The van der Waals surface area contributed by atoms with Crippen molar-refractivity contribution in [2.45, 2.75) is 91.8 Å². The lowest BCUT2D eigenvalue weighted by atomic mass is 9.91. The summed E-state index contributed by atoms with van der Waals surface area (Å²) in [5.74, 6) is -0.422. The second-order valence-corrected chi connectivity index (χ2v) is 15.3. The zero-order valence-corrected chi connectivity index (χ0v) is 26.2. The summed E-state index contributed by atoms with van der Waals surface area (Å²) in [6.07, 6.45) is -1.61. The Morgan fingerprint density at radius 1 is 0.528 bits per heavy atom. The van der Waals surface area contributed by atoms with E-state index in [0.29, 0.717) is 0 Å². The molecule has 0 aliphatic carbocycles. The number of rotatable bonds is 16. The number of Topliss-reactive ketones (excluding diaryl/α,β-unsaturated/α-hetero) is 4. The maximum absolute atomic E-state index is 12.5. The minimum atomic E-state index is -0.807. The van der Waals surface area contributed by atoms with Gasteiger partial charge in [0.25, 0.3) is 0 Å². The molecule has 2 atom stereocenters. The number of ether oxygens (including phenoxy) is 4. The number of hydrogen-bond acceptors (Lipinski definition) is 8. The largest absolute Gasteiger partial charge is 0.371 e. The van der Waals surface area contributed by atoms with Gasteiger partial charge in [0.2, 0.25) is 0 Å². The van der Waals surface area contributed by atoms with E-state index in [4.69, 9.17) is 18.9 Å². The average molecular weight is 627 g/mol. The van der Waals surface area contributed by atoms with Crippen LogP contribution in [0.5, 0.6) is 0 Å². The molecule has 0 spiro atoms. The number of alkyl halides is 1. The van der Waals surface area contributed by atoms with Crippen LogP contribution in [0.1, 0.15) is 76.2 Å².